The van der Waals surface area contributed by atoms with Crippen LogP contribution < -0.4 is 5.32 Å². The average Bonchev–Trinajstić information content (AvgIpc) is 2.45. The molecule has 0 aromatic rings. The lowest BCUT2D eigenvalue weighted by Gasteiger charge is -2.28. The third-order valence-electron chi connectivity index (χ3n) is 3.76. The average molecular weight is 340 g/mol. The molecule has 0 aromatic carbocycles. The lowest BCUT2D eigenvalue weighted by Crippen LogP contribution is -2.45. The predicted molar refractivity (Wildman–Crippen MR) is 94.3 cm³/mol. The van der Waals surface area contributed by atoms with Crippen molar-refractivity contribution >= 4 is 17.8 Å². The molecule has 24 heavy (non-hydrogen) atoms. The fourth-order valence-corrected chi connectivity index (χ4v) is 2.74. The Hall–Kier alpha value is -1.59. The molecule has 6 nitrogen and oxygen atoms in total. The summed E-state index contributed by atoms with van der Waals surface area (Å²) in [6.45, 7) is 9.59. The number of carbonyl (C=O) groups is 2. The lowest BCUT2D eigenvalue weighted by atomic mass is 9.92. The van der Waals surface area contributed by atoms with Crippen molar-refractivity contribution in [3.05, 3.63) is 0 Å². The fourth-order valence-electron chi connectivity index (χ4n) is 2.74. The van der Waals surface area contributed by atoms with Gasteiger partial charge >= 0.3 is 12.1 Å². The van der Waals surface area contributed by atoms with Gasteiger partial charge in [-0.05, 0) is 52.4 Å². The van der Waals surface area contributed by atoms with Crippen LogP contribution in [0.1, 0.15) is 66.7 Å². The number of ether oxygens (including phenoxy) is 2. The summed E-state index contributed by atoms with van der Waals surface area (Å²) in [5.41, 5.74) is 0.325. The zero-order valence-corrected chi connectivity index (χ0v) is 15.8. The first kappa shape index (κ1) is 20.5. The van der Waals surface area contributed by atoms with Crippen molar-refractivity contribution in [2.24, 2.45) is 10.9 Å². The standard InChI is InChI=1S/C18H32N2O4/c1-12(2)11-15(16(21)23-6)19-13-9-7-8-10-14(13)20-17(22)24-18(3,4)5/h12,14-15H,7-11H2,1-6H3,(H,20,22)/t14-,15-/m0/s1. The van der Waals surface area contributed by atoms with E-state index in [1.54, 1.807) is 0 Å². The molecule has 0 saturated heterocycles. The van der Waals surface area contributed by atoms with Crippen molar-refractivity contribution in [2.45, 2.75) is 84.4 Å². The Labute approximate surface area is 145 Å². The monoisotopic (exact) mass is 340 g/mol. The van der Waals surface area contributed by atoms with Gasteiger partial charge in [-0.2, -0.15) is 0 Å². The normalized spacial score (nSPS) is 21.5. The van der Waals surface area contributed by atoms with Crippen molar-refractivity contribution in [1.29, 1.82) is 0 Å². The molecule has 0 radical (unpaired) electrons. The van der Waals surface area contributed by atoms with Gasteiger partial charge in [-0.25, -0.2) is 9.59 Å². The van der Waals surface area contributed by atoms with Crippen LogP contribution >= 0.6 is 0 Å². The maximum absolute atomic E-state index is 12.0. The van der Waals surface area contributed by atoms with Gasteiger partial charge in [-0.1, -0.05) is 20.3 Å². The van der Waals surface area contributed by atoms with Gasteiger partial charge in [-0.3, -0.25) is 4.99 Å². The molecule has 0 spiro atoms. The van der Waals surface area contributed by atoms with E-state index in [0.717, 1.165) is 31.4 Å². The SMILES string of the molecule is COC(=O)[C@H](CC(C)C)N=C1CCCC[C@@H]1NC(=O)OC(C)(C)C. The smallest absolute Gasteiger partial charge is 0.408 e. The van der Waals surface area contributed by atoms with Crippen LogP contribution in [0.3, 0.4) is 0 Å². The molecule has 0 bridgehead atoms. The lowest BCUT2D eigenvalue weighted by molar-refractivity contribution is -0.142. The van der Waals surface area contributed by atoms with E-state index in [9.17, 15) is 9.59 Å². The molecule has 1 fully saturated rings. The zero-order valence-electron chi connectivity index (χ0n) is 15.8. The first-order valence-electron chi connectivity index (χ1n) is 8.76. The summed E-state index contributed by atoms with van der Waals surface area (Å²) < 4.78 is 10.2. The fraction of sp³-hybridized carbons (Fsp3) is 0.833. The predicted octanol–water partition coefficient (Wildman–Crippen LogP) is 3.48. The summed E-state index contributed by atoms with van der Waals surface area (Å²) in [5.74, 6) is 0.0112. The van der Waals surface area contributed by atoms with E-state index in [1.165, 1.54) is 7.11 Å². The molecule has 0 heterocycles. The Kier molecular flexibility index (Phi) is 7.70. The van der Waals surface area contributed by atoms with Gasteiger partial charge in [0, 0.05) is 5.71 Å². The molecule has 1 saturated carbocycles. The van der Waals surface area contributed by atoms with Crippen molar-refractivity contribution in [3.63, 3.8) is 0 Å². The number of rotatable bonds is 5. The molecule has 2 atom stereocenters. The second kappa shape index (κ2) is 9.04. The molecule has 1 aliphatic rings. The Morgan fingerprint density at radius 1 is 1.29 bits per heavy atom. The third kappa shape index (κ3) is 7.32. The highest BCUT2D eigenvalue weighted by Gasteiger charge is 2.28. The van der Waals surface area contributed by atoms with Crippen LogP contribution in [-0.4, -0.2) is 42.6 Å². The van der Waals surface area contributed by atoms with Crippen molar-refractivity contribution in [2.75, 3.05) is 7.11 Å². The number of aliphatic imine (C=N–C) groups is 1. The van der Waals surface area contributed by atoms with E-state index >= 15 is 0 Å². The van der Waals surface area contributed by atoms with E-state index in [0.29, 0.717) is 12.3 Å². The van der Waals surface area contributed by atoms with Crippen LogP contribution in [0.4, 0.5) is 4.79 Å². The van der Waals surface area contributed by atoms with E-state index in [-0.39, 0.29) is 12.0 Å². The van der Waals surface area contributed by atoms with Crippen LogP contribution in [-0.2, 0) is 14.3 Å². The zero-order chi connectivity index (χ0) is 18.3. The molecule has 0 aromatic heterocycles. The summed E-state index contributed by atoms with van der Waals surface area (Å²) >= 11 is 0. The van der Waals surface area contributed by atoms with Crippen LogP contribution in [0, 0.1) is 5.92 Å². The molecule has 1 amide bonds. The van der Waals surface area contributed by atoms with Crippen LogP contribution in [0.15, 0.2) is 4.99 Å². The number of nitrogens with one attached hydrogen (secondary N) is 1. The Balaban J connectivity index is 2.86. The molecule has 138 valence electrons. The number of amides is 1. The van der Waals surface area contributed by atoms with Gasteiger partial charge in [-0.15, -0.1) is 0 Å². The minimum atomic E-state index is -0.539. The number of carbonyl (C=O) groups excluding carboxylic acids is 2. The third-order valence-corrected chi connectivity index (χ3v) is 3.76. The van der Waals surface area contributed by atoms with Crippen LogP contribution in [0.25, 0.3) is 0 Å². The van der Waals surface area contributed by atoms with Crippen molar-refractivity contribution in [3.8, 4) is 0 Å². The maximum Gasteiger partial charge on any atom is 0.408 e. The highest BCUT2D eigenvalue weighted by molar-refractivity contribution is 5.94. The molecular weight excluding hydrogens is 308 g/mol. The van der Waals surface area contributed by atoms with Gasteiger partial charge in [0.05, 0.1) is 13.2 Å². The summed E-state index contributed by atoms with van der Waals surface area (Å²) in [6, 6.07) is -0.682. The minimum absolute atomic E-state index is 0.173. The first-order valence-corrected chi connectivity index (χ1v) is 8.76. The van der Waals surface area contributed by atoms with Gasteiger partial charge in [0.2, 0.25) is 0 Å². The van der Waals surface area contributed by atoms with Crippen LogP contribution in [0.2, 0.25) is 0 Å². The Morgan fingerprint density at radius 2 is 1.96 bits per heavy atom. The highest BCUT2D eigenvalue weighted by Crippen LogP contribution is 2.20. The molecular formula is C18H32N2O4. The van der Waals surface area contributed by atoms with Gasteiger partial charge in [0.1, 0.15) is 11.6 Å². The number of methoxy groups -OCH3 is 1. The van der Waals surface area contributed by atoms with E-state index in [4.69, 9.17) is 9.47 Å². The summed E-state index contributed by atoms with van der Waals surface area (Å²) in [4.78, 5) is 28.7. The van der Waals surface area contributed by atoms with Gasteiger partial charge in [0.25, 0.3) is 0 Å². The number of nitrogens with zero attached hydrogens (tertiary/aromatic N) is 1. The molecule has 1 N–H and O–H groups in total. The number of hydrogen-bond acceptors (Lipinski definition) is 5. The summed E-state index contributed by atoms with van der Waals surface area (Å²) in [6.07, 6.45) is 3.82. The largest absolute Gasteiger partial charge is 0.467 e. The summed E-state index contributed by atoms with van der Waals surface area (Å²) in [5, 5.41) is 2.90. The number of hydrogen-bond donors (Lipinski definition) is 1. The Morgan fingerprint density at radius 3 is 2.50 bits per heavy atom. The minimum Gasteiger partial charge on any atom is -0.467 e. The molecule has 0 aliphatic heterocycles. The molecule has 1 aliphatic carbocycles. The number of esters is 1. The maximum atomic E-state index is 12.0. The van der Waals surface area contributed by atoms with E-state index in [1.807, 2.05) is 34.6 Å². The number of alkyl carbamates (subject to hydrolysis) is 1. The van der Waals surface area contributed by atoms with Gasteiger partial charge < -0.3 is 14.8 Å². The van der Waals surface area contributed by atoms with E-state index < -0.39 is 17.7 Å². The second-order valence-electron chi connectivity index (χ2n) is 7.73. The second-order valence-corrected chi connectivity index (χ2v) is 7.73. The van der Waals surface area contributed by atoms with E-state index in [2.05, 4.69) is 10.3 Å². The van der Waals surface area contributed by atoms with Crippen molar-refractivity contribution < 1.29 is 19.1 Å². The first-order chi connectivity index (χ1) is 11.1. The molecule has 6 heteroatoms. The highest BCUT2D eigenvalue weighted by atomic mass is 16.6. The molecule has 1 rings (SSSR count). The topological polar surface area (TPSA) is 77.0 Å². The molecule has 0 unspecified atom stereocenters. The van der Waals surface area contributed by atoms with Crippen LogP contribution in [0.5, 0.6) is 0 Å². The summed E-state index contributed by atoms with van der Waals surface area (Å²) in [7, 11) is 1.38. The Bertz CT molecular complexity index is 466. The van der Waals surface area contributed by atoms with Gasteiger partial charge in [0.15, 0.2) is 0 Å². The quantitative estimate of drug-likeness (QED) is 0.777. The van der Waals surface area contributed by atoms with Crippen molar-refractivity contribution in [1.82, 2.24) is 5.32 Å².